The molecule has 1 nitrogen and oxygen atoms in total. The van der Waals surface area contributed by atoms with Crippen molar-refractivity contribution in [1.29, 1.82) is 0 Å². The predicted molar refractivity (Wildman–Crippen MR) is 84.3 cm³/mol. The van der Waals surface area contributed by atoms with Gasteiger partial charge in [0.15, 0.2) is 0 Å². The Balaban J connectivity index is 2.06. The van der Waals surface area contributed by atoms with Gasteiger partial charge in [0.1, 0.15) is 0 Å². The van der Waals surface area contributed by atoms with Crippen LogP contribution in [0.5, 0.6) is 0 Å². The minimum Gasteiger partial charge on any atom is -0.381 e. The molecule has 0 saturated carbocycles. The summed E-state index contributed by atoms with van der Waals surface area (Å²) in [6.07, 6.45) is 0. The van der Waals surface area contributed by atoms with Crippen molar-refractivity contribution >= 4 is 28.9 Å². The zero-order chi connectivity index (χ0) is 13.8. The van der Waals surface area contributed by atoms with Crippen molar-refractivity contribution in [2.75, 3.05) is 5.32 Å². The first kappa shape index (κ1) is 14.2. The summed E-state index contributed by atoms with van der Waals surface area (Å²) >= 11 is 12.3. The molecule has 0 radical (unpaired) electrons. The molecule has 3 heteroatoms. The number of anilines is 1. The Hall–Kier alpha value is -1.18. The molecule has 0 fully saturated rings. The Labute approximate surface area is 124 Å². The topological polar surface area (TPSA) is 12.0 Å². The molecule has 2 aromatic rings. The number of nitrogens with one attached hydrogen (secondary N) is 1. The van der Waals surface area contributed by atoms with E-state index in [4.69, 9.17) is 23.2 Å². The van der Waals surface area contributed by atoms with Crippen molar-refractivity contribution in [2.45, 2.75) is 26.3 Å². The van der Waals surface area contributed by atoms with Gasteiger partial charge in [-0.25, -0.2) is 0 Å². The quantitative estimate of drug-likeness (QED) is 0.759. The van der Waals surface area contributed by atoms with Crippen LogP contribution in [0.15, 0.2) is 42.5 Å². The lowest BCUT2D eigenvalue weighted by Gasteiger charge is -2.11. The van der Waals surface area contributed by atoms with Gasteiger partial charge in [-0.15, -0.1) is 0 Å². The second-order valence-corrected chi connectivity index (χ2v) is 5.64. The zero-order valence-corrected chi connectivity index (χ0v) is 12.6. The second kappa shape index (κ2) is 6.31. The van der Waals surface area contributed by atoms with Crippen molar-refractivity contribution in [1.82, 2.24) is 0 Å². The smallest absolute Gasteiger partial charge is 0.0470 e. The minimum atomic E-state index is 0.548. The van der Waals surface area contributed by atoms with Crippen LogP contribution in [-0.2, 0) is 6.54 Å². The molecule has 2 aromatic carbocycles. The van der Waals surface area contributed by atoms with Gasteiger partial charge in [-0.05, 0) is 35.7 Å². The number of halogens is 2. The zero-order valence-electron chi connectivity index (χ0n) is 11.1. The third kappa shape index (κ3) is 3.65. The molecule has 2 rings (SSSR count). The van der Waals surface area contributed by atoms with Crippen molar-refractivity contribution in [2.24, 2.45) is 0 Å². The maximum Gasteiger partial charge on any atom is 0.0470 e. The van der Waals surface area contributed by atoms with Crippen LogP contribution in [0, 0.1) is 0 Å². The van der Waals surface area contributed by atoms with Crippen LogP contribution in [0.25, 0.3) is 0 Å². The SMILES string of the molecule is CC(C)c1ccc(NCc2c(Cl)cccc2Cl)cc1. The van der Waals surface area contributed by atoms with E-state index in [-0.39, 0.29) is 0 Å². The van der Waals surface area contributed by atoms with Crippen LogP contribution in [-0.4, -0.2) is 0 Å². The molecular formula is C16H17Cl2N. The van der Waals surface area contributed by atoms with Crippen molar-refractivity contribution in [3.8, 4) is 0 Å². The van der Waals surface area contributed by atoms with E-state index in [1.165, 1.54) is 5.56 Å². The number of hydrogen-bond acceptors (Lipinski definition) is 1. The molecule has 0 bridgehead atoms. The number of benzene rings is 2. The molecule has 0 aliphatic heterocycles. The lowest BCUT2D eigenvalue weighted by atomic mass is 10.0. The fourth-order valence-electron chi connectivity index (χ4n) is 1.88. The van der Waals surface area contributed by atoms with Gasteiger partial charge in [0.2, 0.25) is 0 Å². The second-order valence-electron chi connectivity index (χ2n) is 4.83. The van der Waals surface area contributed by atoms with Crippen LogP contribution in [0.2, 0.25) is 10.0 Å². The first-order valence-electron chi connectivity index (χ1n) is 6.34. The lowest BCUT2D eigenvalue weighted by molar-refractivity contribution is 0.867. The van der Waals surface area contributed by atoms with E-state index in [1.807, 2.05) is 18.2 Å². The van der Waals surface area contributed by atoms with Gasteiger partial charge in [0.05, 0.1) is 0 Å². The van der Waals surface area contributed by atoms with Crippen molar-refractivity contribution < 1.29 is 0 Å². The van der Waals surface area contributed by atoms with Crippen molar-refractivity contribution in [3.63, 3.8) is 0 Å². The fraction of sp³-hybridized carbons (Fsp3) is 0.250. The summed E-state index contributed by atoms with van der Waals surface area (Å²) in [7, 11) is 0. The van der Waals surface area contributed by atoms with Gasteiger partial charge >= 0.3 is 0 Å². The Kier molecular flexibility index (Phi) is 4.73. The van der Waals surface area contributed by atoms with E-state index in [1.54, 1.807) is 0 Å². The third-order valence-corrected chi connectivity index (χ3v) is 3.82. The van der Waals surface area contributed by atoms with Gasteiger partial charge < -0.3 is 5.32 Å². The van der Waals surface area contributed by atoms with E-state index in [0.717, 1.165) is 11.3 Å². The first-order chi connectivity index (χ1) is 9.08. The fourth-order valence-corrected chi connectivity index (χ4v) is 2.41. The molecule has 0 amide bonds. The maximum absolute atomic E-state index is 6.14. The number of rotatable bonds is 4. The van der Waals surface area contributed by atoms with E-state index in [2.05, 4.69) is 43.4 Å². The van der Waals surface area contributed by atoms with E-state index in [9.17, 15) is 0 Å². The van der Waals surface area contributed by atoms with E-state index < -0.39 is 0 Å². The largest absolute Gasteiger partial charge is 0.381 e. The van der Waals surface area contributed by atoms with E-state index >= 15 is 0 Å². The van der Waals surface area contributed by atoms with Crippen LogP contribution in [0.3, 0.4) is 0 Å². The van der Waals surface area contributed by atoms with E-state index in [0.29, 0.717) is 22.5 Å². The summed E-state index contributed by atoms with van der Waals surface area (Å²) in [5, 5.41) is 4.73. The standard InChI is InChI=1S/C16H17Cl2N/c1-11(2)12-6-8-13(9-7-12)19-10-14-15(17)4-3-5-16(14)18/h3-9,11,19H,10H2,1-2H3. The molecule has 0 aliphatic rings. The van der Waals surface area contributed by atoms with Gasteiger partial charge in [-0.3, -0.25) is 0 Å². The molecule has 0 atom stereocenters. The molecule has 0 aromatic heterocycles. The summed E-state index contributed by atoms with van der Waals surface area (Å²) in [5.41, 5.74) is 3.33. The van der Waals surface area contributed by atoms with Crippen LogP contribution in [0.1, 0.15) is 30.9 Å². The number of hydrogen-bond donors (Lipinski definition) is 1. The highest BCUT2D eigenvalue weighted by Gasteiger charge is 2.05. The average Bonchev–Trinajstić information content (AvgIpc) is 2.38. The minimum absolute atomic E-state index is 0.548. The average molecular weight is 294 g/mol. The molecule has 1 N–H and O–H groups in total. The monoisotopic (exact) mass is 293 g/mol. The summed E-state index contributed by atoms with van der Waals surface area (Å²) in [6, 6.07) is 14.0. The molecule has 0 unspecified atom stereocenters. The van der Waals surface area contributed by atoms with Gasteiger partial charge in [-0.2, -0.15) is 0 Å². The Morgan fingerprint density at radius 1 is 0.947 bits per heavy atom. The highest BCUT2D eigenvalue weighted by Crippen LogP contribution is 2.25. The summed E-state index contributed by atoms with van der Waals surface area (Å²) in [5.74, 6) is 0.548. The van der Waals surface area contributed by atoms with Gasteiger partial charge in [-0.1, -0.05) is 55.2 Å². The summed E-state index contributed by atoms with van der Waals surface area (Å²) < 4.78 is 0. The normalized spacial score (nSPS) is 10.8. The van der Waals surface area contributed by atoms with Crippen LogP contribution < -0.4 is 5.32 Å². The molecule has 100 valence electrons. The molecular weight excluding hydrogens is 277 g/mol. The van der Waals surface area contributed by atoms with Gasteiger partial charge in [0, 0.05) is 27.8 Å². The maximum atomic E-state index is 6.14. The predicted octanol–water partition coefficient (Wildman–Crippen LogP) is 5.73. The van der Waals surface area contributed by atoms with Gasteiger partial charge in [0.25, 0.3) is 0 Å². The highest BCUT2D eigenvalue weighted by atomic mass is 35.5. The first-order valence-corrected chi connectivity index (χ1v) is 7.10. The van der Waals surface area contributed by atoms with Crippen LogP contribution >= 0.6 is 23.2 Å². The molecule has 0 heterocycles. The molecule has 19 heavy (non-hydrogen) atoms. The summed E-state index contributed by atoms with van der Waals surface area (Å²) in [4.78, 5) is 0. The Morgan fingerprint density at radius 3 is 2.05 bits per heavy atom. The Morgan fingerprint density at radius 2 is 1.53 bits per heavy atom. The Bertz CT molecular complexity index is 527. The molecule has 0 spiro atoms. The molecule has 0 aliphatic carbocycles. The summed E-state index contributed by atoms with van der Waals surface area (Å²) in [6.45, 7) is 5.00. The lowest BCUT2D eigenvalue weighted by Crippen LogP contribution is -2.01. The third-order valence-electron chi connectivity index (χ3n) is 3.11. The van der Waals surface area contributed by atoms with Crippen molar-refractivity contribution in [3.05, 3.63) is 63.6 Å². The van der Waals surface area contributed by atoms with Crippen LogP contribution in [0.4, 0.5) is 5.69 Å². The highest BCUT2D eigenvalue weighted by molar-refractivity contribution is 6.36. The molecule has 0 saturated heterocycles.